The summed E-state index contributed by atoms with van der Waals surface area (Å²) in [5.74, 6) is 0.547. The van der Waals surface area contributed by atoms with E-state index in [2.05, 4.69) is 15.0 Å². The second-order valence-corrected chi connectivity index (χ2v) is 5.59. The largest absolute Gasteiger partial charge is 0.468 e. The van der Waals surface area contributed by atoms with Crippen LogP contribution in [-0.4, -0.2) is 20.4 Å². The zero-order valence-electron chi connectivity index (χ0n) is 10.6. The van der Waals surface area contributed by atoms with Crippen molar-refractivity contribution in [3.8, 4) is 0 Å². The van der Waals surface area contributed by atoms with E-state index in [1.807, 2.05) is 0 Å². The maximum Gasteiger partial charge on any atom is 0.260 e. The predicted octanol–water partition coefficient (Wildman–Crippen LogP) is 1.76. The van der Waals surface area contributed by atoms with Crippen molar-refractivity contribution in [3.05, 3.63) is 42.5 Å². The molecule has 2 rings (SSSR count). The summed E-state index contributed by atoms with van der Waals surface area (Å²) >= 11 is 0. The summed E-state index contributed by atoms with van der Waals surface area (Å²) in [6, 6.07) is 6.27. The highest BCUT2D eigenvalue weighted by molar-refractivity contribution is 7.89. The number of anilines is 1. The van der Waals surface area contributed by atoms with Gasteiger partial charge in [-0.3, -0.25) is 0 Å². The second kappa shape index (κ2) is 5.41. The minimum atomic E-state index is -3.71. The Labute approximate surface area is 111 Å². The number of nitrogens with one attached hydrogen (secondary N) is 2. The number of furan rings is 1. The van der Waals surface area contributed by atoms with Crippen molar-refractivity contribution in [1.29, 1.82) is 0 Å². The highest BCUT2D eigenvalue weighted by Gasteiger charge is 2.23. The molecular formula is C12H15N3O3S. The van der Waals surface area contributed by atoms with Crippen molar-refractivity contribution >= 4 is 15.7 Å². The first kappa shape index (κ1) is 13.6. The minimum absolute atomic E-state index is 0.0316. The van der Waals surface area contributed by atoms with E-state index < -0.39 is 16.1 Å². The molecule has 2 aromatic heterocycles. The summed E-state index contributed by atoms with van der Waals surface area (Å²) < 4.78 is 32.2. The van der Waals surface area contributed by atoms with Crippen LogP contribution in [0.4, 0.5) is 5.69 Å². The standard InChI is InChI=1S/C12H15N3O3S/c1-9(11-6-4-8-18-11)15-19(16,17)12-10(13-2)5-3-7-14-12/h3-9,13,15H,1-2H3. The first-order valence-corrected chi connectivity index (χ1v) is 7.21. The molecule has 0 aliphatic carbocycles. The smallest absolute Gasteiger partial charge is 0.260 e. The van der Waals surface area contributed by atoms with E-state index in [9.17, 15) is 8.42 Å². The van der Waals surface area contributed by atoms with Gasteiger partial charge in [0.2, 0.25) is 0 Å². The molecule has 0 amide bonds. The minimum Gasteiger partial charge on any atom is -0.468 e. The Morgan fingerprint density at radius 2 is 2.11 bits per heavy atom. The van der Waals surface area contributed by atoms with Crippen molar-refractivity contribution in [2.24, 2.45) is 0 Å². The Kier molecular flexibility index (Phi) is 3.87. The lowest BCUT2D eigenvalue weighted by atomic mass is 10.3. The van der Waals surface area contributed by atoms with E-state index in [0.29, 0.717) is 11.4 Å². The SMILES string of the molecule is CNc1cccnc1S(=O)(=O)NC(C)c1ccco1. The van der Waals surface area contributed by atoms with Gasteiger partial charge in [0, 0.05) is 13.2 Å². The molecule has 19 heavy (non-hydrogen) atoms. The molecule has 2 heterocycles. The second-order valence-electron chi connectivity index (χ2n) is 3.96. The fourth-order valence-electron chi connectivity index (χ4n) is 1.68. The number of aromatic nitrogens is 1. The molecule has 7 heteroatoms. The van der Waals surface area contributed by atoms with Gasteiger partial charge in [0.1, 0.15) is 5.76 Å². The molecule has 0 aromatic carbocycles. The Balaban J connectivity index is 2.28. The lowest BCUT2D eigenvalue weighted by Gasteiger charge is -2.13. The summed E-state index contributed by atoms with van der Waals surface area (Å²) in [4.78, 5) is 3.91. The van der Waals surface area contributed by atoms with Crippen LogP contribution >= 0.6 is 0 Å². The van der Waals surface area contributed by atoms with Gasteiger partial charge in [-0.25, -0.2) is 13.4 Å². The predicted molar refractivity (Wildman–Crippen MR) is 71.2 cm³/mol. The molecule has 0 aliphatic rings. The van der Waals surface area contributed by atoms with E-state index >= 15 is 0 Å². The van der Waals surface area contributed by atoms with Crippen molar-refractivity contribution < 1.29 is 12.8 Å². The molecule has 0 saturated carbocycles. The third kappa shape index (κ3) is 2.94. The summed E-state index contributed by atoms with van der Waals surface area (Å²) in [5, 5.41) is 2.77. The Morgan fingerprint density at radius 1 is 1.32 bits per heavy atom. The molecular weight excluding hydrogens is 266 g/mol. The third-order valence-electron chi connectivity index (χ3n) is 2.60. The third-order valence-corrected chi connectivity index (χ3v) is 4.10. The number of nitrogens with zero attached hydrogens (tertiary/aromatic N) is 1. The topological polar surface area (TPSA) is 84.2 Å². The van der Waals surface area contributed by atoms with Crippen LogP contribution in [0.1, 0.15) is 18.7 Å². The highest BCUT2D eigenvalue weighted by Crippen LogP contribution is 2.20. The number of rotatable bonds is 5. The van der Waals surface area contributed by atoms with Gasteiger partial charge in [-0.15, -0.1) is 0 Å². The average Bonchev–Trinajstić information content (AvgIpc) is 2.92. The van der Waals surface area contributed by atoms with Crippen LogP contribution in [0.15, 0.2) is 46.2 Å². The quantitative estimate of drug-likeness (QED) is 0.872. The summed E-state index contributed by atoms with van der Waals surface area (Å²) in [5.41, 5.74) is 0.446. The molecule has 2 aromatic rings. The van der Waals surface area contributed by atoms with E-state index in [1.54, 1.807) is 38.2 Å². The Morgan fingerprint density at radius 3 is 2.74 bits per heavy atom. The molecule has 1 atom stereocenters. The average molecular weight is 281 g/mol. The molecule has 1 unspecified atom stereocenters. The van der Waals surface area contributed by atoms with Crippen molar-refractivity contribution in [3.63, 3.8) is 0 Å². The Bertz CT molecular complexity index is 638. The van der Waals surface area contributed by atoms with Crippen molar-refractivity contribution in [1.82, 2.24) is 9.71 Å². The zero-order chi connectivity index (χ0) is 13.9. The van der Waals surface area contributed by atoms with Gasteiger partial charge in [0.15, 0.2) is 5.03 Å². The number of hydrogen-bond donors (Lipinski definition) is 2. The molecule has 0 radical (unpaired) electrons. The molecule has 0 spiro atoms. The van der Waals surface area contributed by atoms with Crippen LogP contribution in [0.5, 0.6) is 0 Å². The van der Waals surface area contributed by atoms with Crippen LogP contribution in [0.3, 0.4) is 0 Å². The van der Waals surface area contributed by atoms with Crippen LogP contribution in [0.2, 0.25) is 0 Å². The zero-order valence-corrected chi connectivity index (χ0v) is 11.4. The van der Waals surface area contributed by atoms with Crippen molar-refractivity contribution in [2.75, 3.05) is 12.4 Å². The molecule has 0 fully saturated rings. The van der Waals surface area contributed by atoms with Gasteiger partial charge in [-0.2, -0.15) is 4.72 Å². The van der Waals surface area contributed by atoms with Gasteiger partial charge in [0.25, 0.3) is 10.0 Å². The maximum absolute atomic E-state index is 12.3. The molecule has 2 N–H and O–H groups in total. The fraction of sp³-hybridized carbons (Fsp3) is 0.250. The first-order chi connectivity index (χ1) is 9.04. The Hall–Kier alpha value is -1.86. The van der Waals surface area contributed by atoms with E-state index in [1.165, 1.54) is 12.5 Å². The van der Waals surface area contributed by atoms with Gasteiger partial charge < -0.3 is 9.73 Å². The number of hydrogen-bond acceptors (Lipinski definition) is 5. The summed E-state index contributed by atoms with van der Waals surface area (Å²) in [7, 11) is -2.07. The number of sulfonamides is 1. The maximum atomic E-state index is 12.3. The fourth-order valence-corrected chi connectivity index (χ4v) is 3.03. The normalized spacial score (nSPS) is 13.2. The molecule has 0 saturated heterocycles. The van der Waals surface area contributed by atoms with Crippen LogP contribution < -0.4 is 10.0 Å². The van der Waals surface area contributed by atoms with Gasteiger partial charge >= 0.3 is 0 Å². The van der Waals surface area contributed by atoms with E-state index in [-0.39, 0.29) is 5.03 Å². The number of pyridine rings is 1. The lowest BCUT2D eigenvalue weighted by molar-refractivity contribution is 0.459. The van der Waals surface area contributed by atoms with E-state index in [0.717, 1.165) is 0 Å². The lowest BCUT2D eigenvalue weighted by Crippen LogP contribution is -2.28. The van der Waals surface area contributed by atoms with Crippen LogP contribution in [0.25, 0.3) is 0 Å². The van der Waals surface area contributed by atoms with Crippen LogP contribution in [0, 0.1) is 0 Å². The monoisotopic (exact) mass is 281 g/mol. The molecule has 0 aliphatic heterocycles. The molecule has 6 nitrogen and oxygen atoms in total. The van der Waals surface area contributed by atoms with E-state index in [4.69, 9.17) is 4.42 Å². The molecule has 0 bridgehead atoms. The van der Waals surface area contributed by atoms with Crippen LogP contribution in [-0.2, 0) is 10.0 Å². The first-order valence-electron chi connectivity index (χ1n) is 5.73. The van der Waals surface area contributed by atoms with Gasteiger partial charge in [0.05, 0.1) is 18.0 Å². The summed E-state index contributed by atoms with van der Waals surface area (Å²) in [6.07, 6.45) is 2.94. The van der Waals surface area contributed by atoms with Crippen molar-refractivity contribution in [2.45, 2.75) is 18.0 Å². The molecule has 102 valence electrons. The summed E-state index contributed by atoms with van der Waals surface area (Å²) in [6.45, 7) is 1.71. The van der Waals surface area contributed by atoms with Gasteiger partial charge in [-0.1, -0.05) is 0 Å². The highest BCUT2D eigenvalue weighted by atomic mass is 32.2. The van der Waals surface area contributed by atoms with Gasteiger partial charge in [-0.05, 0) is 31.2 Å².